The van der Waals surface area contributed by atoms with Crippen LogP contribution in [-0.2, 0) is 13.0 Å². The number of aryl methyl sites for hydroxylation is 1. The predicted molar refractivity (Wildman–Crippen MR) is 123 cm³/mol. The molecule has 0 fully saturated rings. The predicted octanol–water partition coefficient (Wildman–Crippen LogP) is 4.36. The molecule has 158 valence electrons. The lowest BCUT2D eigenvalue weighted by molar-refractivity contribution is 0.0954. The largest absolute Gasteiger partial charge is 0.352 e. The Bertz CT molecular complexity index is 993. The van der Waals surface area contributed by atoms with Crippen molar-refractivity contribution in [2.45, 2.75) is 39.8 Å². The molecule has 30 heavy (non-hydrogen) atoms. The van der Waals surface area contributed by atoms with Gasteiger partial charge in [0.2, 0.25) is 0 Å². The van der Waals surface area contributed by atoms with E-state index in [0.29, 0.717) is 18.7 Å². The zero-order valence-corrected chi connectivity index (χ0v) is 19.0. The summed E-state index contributed by atoms with van der Waals surface area (Å²) < 4.78 is 0. The number of thiazole rings is 1. The normalized spacial score (nSPS) is 10.8. The minimum absolute atomic E-state index is 0.0911. The topological polar surface area (TPSA) is 83.1 Å². The fraction of sp³-hybridized carbons (Fsp3) is 0.318. The molecule has 0 aliphatic heterocycles. The van der Waals surface area contributed by atoms with Crippen LogP contribution in [0.25, 0.3) is 10.6 Å². The summed E-state index contributed by atoms with van der Waals surface area (Å²) in [6.07, 6.45) is 0.784. The molecule has 0 spiro atoms. The molecule has 1 aromatic carbocycles. The van der Waals surface area contributed by atoms with Gasteiger partial charge in [-0.3, -0.25) is 4.79 Å². The Kier molecular flexibility index (Phi) is 7.59. The van der Waals surface area contributed by atoms with Crippen LogP contribution in [0.2, 0.25) is 0 Å². The van der Waals surface area contributed by atoms with E-state index < -0.39 is 0 Å². The Morgan fingerprint density at radius 2 is 1.83 bits per heavy atom. The van der Waals surface area contributed by atoms with Crippen LogP contribution in [0.5, 0.6) is 0 Å². The lowest BCUT2D eigenvalue weighted by atomic mass is 10.1. The molecule has 6 nitrogen and oxygen atoms in total. The summed E-state index contributed by atoms with van der Waals surface area (Å²) in [5.74, 6) is -0.0982. The van der Waals surface area contributed by atoms with E-state index in [9.17, 15) is 9.59 Å². The van der Waals surface area contributed by atoms with Crippen molar-refractivity contribution in [3.63, 3.8) is 0 Å². The van der Waals surface area contributed by atoms with Gasteiger partial charge in [-0.25, -0.2) is 9.78 Å². The molecule has 3 aromatic rings. The lowest BCUT2D eigenvalue weighted by Gasteiger charge is -2.10. The number of benzene rings is 1. The average Bonchev–Trinajstić information content (AvgIpc) is 3.35. The Hall–Kier alpha value is -2.71. The standard InChI is InChI=1S/C22H26N4O2S2/c1-14(2)25-22(28)24-12-16-4-6-17(7-5-16)21(27)23-11-10-18-8-9-20(30-18)19-13-29-15(3)26-19/h4-9,13-14H,10-12H2,1-3H3,(H,23,27)(H2,24,25,28). The van der Waals surface area contributed by atoms with Gasteiger partial charge >= 0.3 is 6.03 Å². The average molecular weight is 443 g/mol. The van der Waals surface area contributed by atoms with Gasteiger partial charge in [-0.15, -0.1) is 22.7 Å². The second-order valence-electron chi connectivity index (χ2n) is 7.20. The van der Waals surface area contributed by atoms with E-state index >= 15 is 0 Å². The van der Waals surface area contributed by atoms with Crippen molar-refractivity contribution >= 4 is 34.6 Å². The van der Waals surface area contributed by atoms with Gasteiger partial charge < -0.3 is 16.0 Å². The number of nitrogens with one attached hydrogen (secondary N) is 3. The molecule has 0 atom stereocenters. The number of thiophene rings is 1. The third kappa shape index (κ3) is 6.40. The molecule has 3 N–H and O–H groups in total. The fourth-order valence-electron chi connectivity index (χ4n) is 2.80. The maximum atomic E-state index is 12.4. The number of rotatable bonds is 8. The molecule has 0 unspecified atom stereocenters. The van der Waals surface area contributed by atoms with Crippen molar-refractivity contribution in [1.29, 1.82) is 0 Å². The van der Waals surface area contributed by atoms with Crippen molar-refractivity contribution in [1.82, 2.24) is 20.9 Å². The smallest absolute Gasteiger partial charge is 0.315 e. The van der Waals surface area contributed by atoms with E-state index in [1.165, 1.54) is 4.88 Å². The highest BCUT2D eigenvalue weighted by atomic mass is 32.1. The first-order valence-electron chi connectivity index (χ1n) is 9.83. The number of carbonyl (C=O) groups excluding carboxylic acids is 2. The van der Waals surface area contributed by atoms with Crippen LogP contribution in [0.4, 0.5) is 4.79 Å². The van der Waals surface area contributed by atoms with Gasteiger partial charge in [0.05, 0.1) is 15.6 Å². The van der Waals surface area contributed by atoms with Crippen LogP contribution < -0.4 is 16.0 Å². The Morgan fingerprint density at radius 1 is 1.07 bits per heavy atom. The Labute approximate surface area is 184 Å². The van der Waals surface area contributed by atoms with Crippen LogP contribution >= 0.6 is 22.7 Å². The number of urea groups is 1. The van der Waals surface area contributed by atoms with E-state index in [1.54, 1.807) is 34.8 Å². The Balaban J connectivity index is 1.44. The molecule has 0 radical (unpaired) electrons. The molecule has 8 heteroatoms. The van der Waals surface area contributed by atoms with Crippen LogP contribution in [0, 0.1) is 6.92 Å². The summed E-state index contributed by atoms with van der Waals surface area (Å²) in [6.45, 7) is 6.82. The summed E-state index contributed by atoms with van der Waals surface area (Å²) >= 11 is 3.36. The highest BCUT2D eigenvalue weighted by molar-refractivity contribution is 7.16. The van der Waals surface area contributed by atoms with Crippen LogP contribution in [-0.4, -0.2) is 29.5 Å². The van der Waals surface area contributed by atoms with E-state index in [4.69, 9.17) is 0 Å². The monoisotopic (exact) mass is 442 g/mol. The van der Waals surface area contributed by atoms with Gasteiger partial charge in [-0.05, 0) is 57.0 Å². The minimum atomic E-state index is -0.200. The molecule has 0 aliphatic rings. The van der Waals surface area contributed by atoms with Crippen LogP contribution in [0.1, 0.15) is 39.7 Å². The van der Waals surface area contributed by atoms with Crippen LogP contribution in [0.15, 0.2) is 41.8 Å². The lowest BCUT2D eigenvalue weighted by Crippen LogP contribution is -2.39. The maximum Gasteiger partial charge on any atom is 0.315 e. The first-order chi connectivity index (χ1) is 14.4. The van der Waals surface area contributed by atoms with E-state index in [2.05, 4.69) is 38.4 Å². The summed E-state index contributed by atoms with van der Waals surface area (Å²) in [6, 6.07) is 11.3. The highest BCUT2D eigenvalue weighted by Crippen LogP contribution is 2.29. The van der Waals surface area contributed by atoms with Gasteiger partial charge in [0.25, 0.3) is 5.91 Å². The van der Waals surface area contributed by atoms with Crippen molar-refractivity contribution < 1.29 is 9.59 Å². The summed E-state index contributed by atoms with van der Waals surface area (Å²) in [5.41, 5.74) is 2.57. The Morgan fingerprint density at radius 3 is 2.50 bits per heavy atom. The second kappa shape index (κ2) is 10.4. The number of amides is 3. The van der Waals surface area contributed by atoms with Crippen molar-refractivity contribution in [2.24, 2.45) is 0 Å². The molecule has 3 amide bonds. The number of nitrogens with zero attached hydrogens (tertiary/aromatic N) is 1. The molecule has 0 aliphatic carbocycles. The maximum absolute atomic E-state index is 12.4. The molecule has 2 aromatic heterocycles. The van der Waals surface area contributed by atoms with Gasteiger partial charge in [0.15, 0.2) is 0 Å². The summed E-state index contributed by atoms with van der Waals surface area (Å²) in [5, 5.41) is 11.7. The van der Waals surface area contributed by atoms with Crippen molar-refractivity contribution in [3.05, 3.63) is 62.8 Å². The third-order valence-electron chi connectivity index (χ3n) is 4.28. The van der Waals surface area contributed by atoms with Gasteiger partial charge in [-0.2, -0.15) is 0 Å². The van der Waals surface area contributed by atoms with E-state index in [1.807, 2.05) is 32.9 Å². The molecule has 0 saturated carbocycles. The summed E-state index contributed by atoms with van der Waals surface area (Å²) in [4.78, 5) is 30.9. The zero-order chi connectivity index (χ0) is 21.5. The number of hydrogen-bond acceptors (Lipinski definition) is 5. The molecule has 2 heterocycles. The number of hydrogen-bond donors (Lipinski definition) is 3. The first-order valence-corrected chi connectivity index (χ1v) is 11.5. The van der Waals surface area contributed by atoms with Crippen molar-refractivity contribution in [2.75, 3.05) is 6.54 Å². The zero-order valence-electron chi connectivity index (χ0n) is 17.3. The van der Waals surface area contributed by atoms with Gasteiger partial charge in [0, 0.05) is 35.0 Å². The number of aromatic nitrogens is 1. The highest BCUT2D eigenvalue weighted by Gasteiger charge is 2.09. The number of carbonyl (C=O) groups is 2. The summed E-state index contributed by atoms with van der Waals surface area (Å²) in [7, 11) is 0. The molecule has 0 saturated heterocycles. The second-order valence-corrected chi connectivity index (χ2v) is 9.43. The molecular formula is C22H26N4O2S2. The van der Waals surface area contributed by atoms with Gasteiger partial charge in [-0.1, -0.05) is 12.1 Å². The molecule has 0 bridgehead atoms. The van der Waals surface area contributed by atoms with Crippen LogP contribution in [0.3, 0.4) is 0 Å². The molecule has 3 rings (SSSR count). The minimum Gasteiger partial charge on any atom is -0.352 e. The first kappa shape index (κ1) is 22.0. The molecular weight excluding hydrogens is 416 g/mol. The SMILES string of the molecule is Cc1nc(-c2ccc(CCNC(=O)c3ccc(CNC(=O)NC(C)C)cc3)s2)cs1. The fourth-order valence-corrected chi connectivity index (χ4v) is 4.45. The van der Waals surface area contributed by atoms with E-state index in [0.717, 1.165) is 27.6 Å². The van der Waals surface area contributed by atoms with Crippen molar-refractivity contribution in [3.8, 4) is 10.6 Å². The quantitative estimate of drug-likeness (QED) is 0.485. The third-order valence-corrected chi connectivity index (χ3v) is 6.22. The van der Waals surface area contributed by atoms with E-state index in [-0.39, 0.29) is 18.0 Å². The van der Waals surface area contributed by atoms with Gasteiger partial charge in [0.1, 0.15) is 0 Å².